The Hall–Kier alpha value is -0.710. The van der Waals surface area contributed by atoms with Crippen LogP contribution in [0.25, 0.3) is 0 Å². The molecular formula is C10H17F3NO7P. The summed E-state index contributed by atoms with van der Waals surface area (Å²) in [7, 11) is -4.92. The molecule has 1 heterocycles. The van der Waals surface area contributed by atoms with Gasteiger partial charge in [-0.15, -0.1) is 0 Å². The predicted molar refractivity (Wildman–Crippen MR) is 65.5 cm³/mol. The van der Waals surface area contributed by atoms with E-state index in [-0.39, 0.29) is 0 Å². The summed E-state index contributed by atoms with van der Waals surface area (Å²) >= 11 is 0. The third kappa shape index (κ3) is 5.82. The molecule has 1 amide bonds. The highest BCUT2D eigenvalue weighted by Crippen LogP contribution is 2.37. The lowest BCUT2D eigenvalue weighted by Gasteiger charge is -2.26. The minimum atomic E-state index is -5.15. The maximum Gasteiger partial charge on any atom is 0.471 e. The van der Waals surface area contributed by atoms with Crippen molar-refractivity contribution in [2.45, 2.75) is 51.0 Å². The fraction of sp³-hybridized carbons (Fsp3) is 0.900. The van der Waals surface area contributed by atoms with Crippen LogP contribution in [0.15, 0.2) is 0 Å². The standard InChI is InChI=1S/C10H17F3NO7P/c1-5-7(21-9(2,3)20-5)6(4-19-22(16,17)18)14-8(15)10(11,12)13/h5-7H,4H2,1-3H3,(H,14,15)(H2,16,17,18)/t5-,6+,7-/m1/s1. The van der Waals surface area contributed by atoms with Crippen LogP contribution in [0.4, 0.5) is 13.2 Å². The number of carbonyl (C=O) groups excluding carboxylic acids is 1. The molecule has 1 saturated heterocycles. The van der Waals surface area contributed by atoms with Crippen LogP contribution in [0.1, 0.15) is 20.8 Å². The van der Waals surface area contributed by atoms with Gasteiger partial charge in [0.25, 0.3) is 0 Å². The lowest BCUT2D eigenvalue weighted by molar-refractivity contribution is -0.177. The summed E-state index contributed by atoms with van der Waals surface area (Å²) in [5, 5.41) is 1.60. The lowest BCUT2D eigenvalue weighted by Crippen LogP contribution is -2.53. The number of carbonyl (C=O) groups is 1. The number of hydrogen-bond donors (Lipinski definition) is 3. The van der Waals surface area contributed by atoms with Gasteiger partial charge in [0.05, 0.1) is 18.8 Å². The smallest absolute Gasteiger partial charge is 0.345 e. The minimum absolute atomic E-state index is 0.728. The molecule has 3 atom stereocenters. The SMILES string of the molecule is C[C@H]1OC(C)(C)O[C@H]1[C@H](COP(=O)(O)O)NC(=O)C(F)(F)F. The summed E-state index contributed by atoms with van der Waals surface area (Å²) < 4.78 is 62.6. The summed E-state index contributed by atoms with van der Waals surface area (Å²) in [4.78, 5) is 28.3. The van der Waals surface area contributed by atoms with Crippen molar-refractivity contribution in [3.8, 4) is 0 Å². The Labute approximate surface area is 124 Å². The fourth-order valence-electron chi connectivity index (χ4n) is 2.02. The van der Waals surface area contributed by atoms with E-state index in [2.05, 4.69) is 4.52 Å². The zero-order valence-corrected chi connectivity index (χ0v) is 12.9. The van der Waals surface area contributed by atoms with Gasteiger partial charge in [0, 0.05) is 0 Å². The van der Waals surface area contributed by atoms with E-state index in [1.165, 1.54) is 20.8 Å². The number of ether oxygens (including phenoxy) is 2. The predicted octanol–water partition coefficient (Wildman–Crippen LogP) is 0.683. The molecule has 3 N–H and O–H groups in total. The van der Waals surface area contributed by atoms with Crippen molar-refractivity contribution in [2.24, 2.45) is 0 Å². The number of phosphoric ester groups is 1. The van der Waals surface area contributed by atoms with Crippen molar-refractivity contribution < 1.29 is 46.3 Å². The second-order valence-corrected chi connectivity index (χ2v) is 6.41. The first-order chi connectivity index (χ1) is 9.71. The van der Waals surface area contributed by atoms with Crippen molar-refractivity contribution in [2.75, 3.05) is 6.61 Å². The van der Waals surface area contributed by atoms with Crippen LogP contribution in [0.2, 0.25) is 0 Å². The molecule has 0 aromatic carbocycles. The molecule has 12 heteroatoms. The average molecular weight is 351 g/mol. The molecule has 1 rings (SSSR count). The van der Waals surface area contributed by atoms with Gasteiger partial charge in [0.15, 0.2) is 5.79 Å². The molecule has 0 aromatic rings. The number of rotatable bonds is 5. The van der Waals surface area contributed by atoms with Crippen molar-refractivity contribution in [1.29, 1.82) is 0 Å². The molecule has 0 saturated carbocycles. The topological polar surface area (TPSA) is 114 Å². The van der Waals surface area contributed by atoms with Crippen LogP contribution in [0.5, 0.6) is 0 Å². The molecule has 0 aliphatic carbocycles. The summed E-state index contributed by atoms with van der Waals surface area (Å²) in [6, 6.07) is -1.46. The van der Waals surface area contributed by atoms with Crippen LogP contribution >= 0.6 is 7.82 Å². The Kier molecular flexibility index (Phi) is 5.64. The average Bonchev–Trinajstić information content (AvgIpc) is 2.55. The van der Waals surface area contributed by atoms with Gasteiger partial charge in [0.2, 0.25) is 0 Å². The molecule has 0 unspecified atom stereocenters. The number of alkyl halides is 3. The highest BCUT2D eigenvalue weighted by Gasteiger charge is 2.47. The molecular weight excluding hydrogens is 334 g/mol. The van der Waals surface area contributed by atoms with E-state index >= 15 is 0 Å². The van der Waals surface area contributed by atoms with E-state index < -0.39 is 50.5 Å². The van der Waals surface area contributed by atoms with Gasteiger partial charge in [-0.05, 0) is 20.8 Å². The zero-order valence-electron chi connectivity index (χ0n) is 12.0. The van der Waals surface area contributed by atoms with Crippen molar-refractivity contribution >= 4 is 13.7 Å². The highest BCUT2D eigenvalue weighted by molar-refractivity contribution is 7.46. The first kappa shape index (κ1) is 19.3. The first-order valence-electron chi connectivity index (χ1n) is 6.15. The van der Waals surface area contributed by atoms with E-state index in [4.69, 9.17) is 19.3 Å². The van der Waals surface area contributed by atoms with Crippen LogP contribution in [-0.2, 0) is 23.4 Å². The van der Waals surface area contributed by atoms with Gasteiger partial charge in [-0.1, -0.05) is 0 Å². The van der Waals surface area contributed by atoms with Gasteiger partial charge >= 0.3 is 19.9 Å². The van der Waals surface area contributed by atoms with Gasteiger partial charge in [-0.3, -0.25) is 9.32 Å². The third-order valence-electron chi connectivity index (χ3n) is 2.75. The van der Waals surface area contributed by atoms with Crippen molar-refractivity contribution in [3.63, 3.8) is 0 Å². The van der Waals surface area contributed by atoms with E-state index in [1.807, 2.05) is 0 Å². The maximum atomic E-state index is 12.3. The Morgan fingerprint density at radius 2 is 1.95 bits per heavy atom. The maximum absolute atomic E-state index is 12.3. The second-order valence-electron chi connectivity index (χ2n) is 5.17. The van der Waals surface area contributed by atoms with Crippen LogP contribution in [-0.4, -0.2) is 52.5 Å². The molecule has 1 aliphatic heterocycles. The Balaban J connectivity index is 2.87. The second kappa shape index (κ2) is 6.42. The molecule has 1 aliphatic rings. The van der Waals surface area contributed by atoms with Crippen LogP contribution in [0, 0.1) is 0 Å². The largest absolute Gasteiger partial charge is 0.471 e. The van der Waals surface area contributed by atoms with Crippen LogP contribution < -0.4 is 5.32 Å². The molecule has 8 nitrogen and oxygen atoms in total. The summed E-state index contributed by atoms with van der Waals surface area (Å²) in [6.07, 6.45) is -6.96. The summed E-state index contributed by atoms with van der Waals surface area (Å²) in [5.74, 6) is -3.39. The third-order valence-corrected chi connectivity index (χ3v) is 3.23. The van der Waals surface area contributed by atoms with E-state index in [0.717, 1.165) is 0 Å². The normalized spacial score (nSPS) is 26.7. The number of amides is 1. The zero-order chi connectivity index (χ0) is 17.3. The molecule has 0 radical (unpaired) electrons. The van der Waals surface area contributed by atoms with E-state index in [9.17, 15) is 22.5 Å². The first-order valence-corrected chi connectivity index (χ1v) is 7.68. The van der Waals surface area contributed by atoms with Gasteiger partial charge in [-0.25, -0.2) is 4.57 Å². The molecule has 0 bridgehead atoms. The van der Waals surface area contributed by atoms with Crippen LogP contribution in [0.3, 0.4) is 0 Å². The van der Waals surface area contributed by atoms with Crippen molar-refractivity contribution in [1.82, 2.24) is 5.32 Å². The molecule has 0 aromatic heterocycles. The van der Waals surface area contributed by atoms with Crippen molar-refractivity contribution in [3.05, 3.63) is 0 Å². The molecule has 22 heavy (non-hydrogen) atoms. The molecule has 1 fully saturated rings. The Morgan fingerprint density at radius 3 is 2.32 bits per heavy atom. The minimum Gasteiger partial charge on any atom is -0.345 e. The fourth-order valence-corrected chi connectivity index (χ4v) is 2.38. The Morgan fingerprint density at radius 1 is 1.41 bits per heavy atom. The number of halogens is 3. The summed E-state index contributed by atoms with van der Waals surface area (Å²) in [5.41, 5.74) is 0. The van der Waals surface area contributed by atoms with E-state index in [0.29, 0.717) is 0 Å². The van der Waals surface area contributed by atoms with E-state index in [1.54, 1.807) is 5.32 Å². The molecule has 0 spiro atoms. The summed E-state index contributed by atoms with van der Waals surface area (Å²) in [6.45, 7) is 3.64. The quantitative estimate of drug-likeness (QED) is 0.624. The number of phosphoric acid groups is 1. The lowest BCUT2D eigenvalue weighted by atomic mass is 10.1. The molecule has 130 valence electrons. The number of hydrogen-bond acceptors (Lipinski definition) is 5. The Bertz CT molecular complexity index is 464. The van der Waals surface area contributed by atoms with Gasteiger partial charge in [-0.2, -0.15) is 13.2 Å². The monoisotopic (exact) mass is 351 g/mol. The highest BCUT2D eigenvalue weighted by atomic mass is 31.2. The number of nitrogens with one attached hydrogen (secondary N) is 1. The van der Waals surface area contributed by atoms with Gasteiger partial charge in [0.1, 0.15) is 6.10 Å². The van der Waals surface area contributed by atoms with Gasteiger partial charge < -0.3 is 24.6 Å².